The lowest BCUT2D eigenvalue weighted by atomic mass is 9.90. The molecule has 0 spiro atoms. The number of ether oxygens (including phenoxy) is 1. The lowest BCUT2D eigenvalue weighted by Gasteiger charge is -2.37. The van der Waals surface area contributed by atoms with Gasteiger partial charge in [-0.2, -0.15) is 0 Å². The summed E-state index contributed by atoms with van der Waals surface area (Å²) in [5.41, 5.74) is 2.84. The largest absolute Gasteiger partial charge is 0.497 e. The van der Waals surface area contributed by atoms with Crippen LogP contribution in [0.3, 0.4) is 0 Å². The lowest BCUT2D eigenvalue weighted by molar-refractivity contribution is 0.152. The van der Waals surface area contributed by atoms with E-state index in [-0.39, 0.29) is 0 Å². The van der Waals surface area contributed by atoms with E-state index in [0.29, 0.717) is 0 Å². The Morgan fingerprint density at radius 3 is 2.60 bits per heavy atom. The minimum Gasteiger partial charge on any atom is -0.497 e. The van der Waals surface area contributed by atoms with Crippen molar-refractivity contribution >= 4 is 15.9 Å². The summed E-state index contributed by atoms with van der Waals surface area (Å²) in [6.45, 7) is 5.85. The van der Waals surface area contributed by atoms with Crippen LogP contribution in [0.1, 0.15) is 56.9 Å². The number of likely N-dealkylation sites (tertiary alicyclic amines) is 1. The highest BCUT2D eigenvalue weighted by Crippen LogP contribution is 2.29. The van der Waals surface area contributed by atoms with Gasteiger partial charge in [-0.05, 0) is 81.3 Å². The molecule has 30 heavy (non-hydrogen) atoms. The first-order chi connectivity index (χ1) is 14.7. The van der Waals surface area contributed by atoms with E-state index in [0.717, 1.165) is 37.3 Å². The number of nitrogens with one attached hydrogen (secondary N) is 1. The van der Waals surface area contributed by atoms with Crippen molar-refractivity contribution < 1.29 is 4.74 Å². The number of rotatable bonds is 7. The Balaban J connectivity index is 1.17. The zero-order valence-electron chi connectivity index (χ0n) is 18.5. The second-order valence-electron chi connectivity index (χ2n) is 9.32. The summed E-state index contributed by atoms with van der Waals surface area (Å²) < 4.78 is 6.61. The zero-order valence-corrected chi connectivity index (χ0v) is 20.1. The Bertz CT molecular complexity index is 708. The van der Waals surface area contributed by atoms with Crippen molar-refractivity contribution in [2.45, 2.75) is 63.8 Å². The summed E-state index contributed by atoms with van der Waals surface area (Å²) in [4.78, 5) is 5.30. The van der Waals surface area contributed by atoms with Gasteiger partial charge in [0.15, 0.2) is 0 Å². The van der Waals surface area contributed by atoms with Gasteiger partial charge in [0.2, 0.25) is 0 Å². The van der Waals surface area contributed by atoms with Gasteiger partial charge in [0.1, 0.15) is 5.75 Å². The molecule has 4 rings (SSSR count). The second kappa shape index (κ2) is 11.0. The van der Waals surface area contributed by atoms with E-state index in [9.17, 15) is 0 Å². The van der Waals surface area contributed by atoms with E-state index in [2.05, 4.69) is 49.3 Å². The zero-order chi connectivity index (χ0) is 20.8. The van der Waals surface area contributed by atoms with Crippen molar-refractivity contribution in [3.8, 4) is 5.75 Å². The summed E-state index contributed by atoms with van der Waals surface area (Å²) in [6.07, 6.45) is 14.4. The number of piperidine rings is 1. The first kappa shape index (κ1) is 22.2. The standard InChI is InChI=1S/C25H38BrN3O/c1-30-24-7-8-25(26)21(18-24)17-20-9-13-28(14-10-20)15-11-22-12-16-29(19-27-22)23-5-3-2-4-6-23/h7-8,12,18,20,23,27H,2-6,9-11,13-17,19H2,1H3. The predicted molar refractivity (Wildman–Crippen MR) is 128 cm³/mol. The third kappa shape index (κ3) is 6.02. The van der Waals surface area contributed by atoms with Gasteiger partial charge in [-0.25, -0.2) is 0 Å². The Morgan fingerprint density at radius 2 is 1.90 bits per heavy atom. The van der Waals surface area contributed by atoms with Crippen LogP contribution in [0.25, 0.3) is 0 Å². The fourth-order valence-electron chi connectivity index (χ4n) is 5.32. The Morgan fingerprint density at radius 1 is 1.10 bits per heavy atom. The molecule has 1 N–H and O–H groups in total. The Hall–Kier alpha value is -1.04. The molecule has 0 radical (unpaired) electrons. The summed E-state index contributed by atoms with van der Waals surface area (Å²) >= 11 is 3.71. The molecule has 0 aromatic heterocycles. The molecular weight excluding hydrogens is 438 g/mol. The van der Waals surface area contributed by atoms with Crippen molar-refractivity contribution in [1.82, 2.24) is 15.1 Å². The van der Waals surface area contributed by atoms with Crippen molar-refractivity contribution in [1.29, 1.82) is 0 Å². The van der Waals surface area contributed by atoms with E-state index in [1.54, 1.807) is 7.11 Å². The van der Waals surface area contributed by atoms with E-state index in [1.165, 1.54) is 86.7 Å². The topological polar surface area (TPSA) is 27.7 Å². The Labute approximate surface area is 191 Å². The molecule has 1 saturated heterocycles. The van der Waals surface area contributed by atoms with Crippen LogP contribution >= 0.6 is 15.9 Å². The maximum absolute atomic E-state index is 5.40. The smallest absolute Gasteiger partial charge is 0.119 e. The van der Waals surface area contributed by atoms with Gasteiger partial charge >= 0.3 is 0 Å². The summed E-state index contributed by atoms with van der Waals surface area (Å²) in [7, 11) is 1.75. The molecule has 1 aromatic rings. The molecule has 0 amide bonds. The minimum atomic E-state index is 0.778. The van der Waals surface area contributed by atoms with Crippen molar-refractivity contribution in [2.75, 3.05) is 40.0 Å². The molecular formula is C25H38BrN3O. The van der Waals surface area contributed by atoms with Crippen LogP contribution in [0.15, 0.2) is 34.4 Å². The molecule has 0 atom stereocenters. The van der Waals surface area contributed by atoms with Gasteiger partial charge < -0.3 is 15.0 Å². The number of nitrogens with zero attached hydrogens (tertiary/aromatic N) is 2. The highest BCUT2D eigenvalue weighted by Gasteiger charge is 2.23. The highest BCUT2D eigenvalue weighted by molar-refractivity contribution is 9.10. The number of hydrogen-bond acceptors (Lipinski definition) is 4. The molecule has 5 heteroatoms. The molecule has 3 aliphatic rings. The third-order valence-corrected chi connectivity index (χ3v) is 8.11. The number of halogens is 1. The maximum atomic E-state index is 5.40. The molecule has 1 aliphatic carbocycles. The molecule has 2 aliphatic heterocycles. The van der Waals surface area contributed by atoms with Gasteiger partial charge in [0, 0.05) is 29.3 Å². The third-order valence-electron chi connectivity index (χ3n) is 7.34. The van der Waals surface area contributed by atoms with Crippen LogP contribution in [0.2, 0.25) is 0 Å². The molecule has 1 saturated carbocycles. The maximum Gasteiger partial charge on any atom is 0.119 e. The highest BCUT2D eigenvalue weighted by atomic mass is 79.9. The normalized spacial score (nSPS) is 22.5. The van der Waals surface area contributed by atoms with Crippen molar-refractivity contribution in [3.63, 3.8) is 0 Å². The van der Waals surface area contributed by atoms with Crippen molar-refractivity contribution in [3.05, 3.63) is 40.0 Å². The van der Waals surface area contributed by atoms with Gasteiger partial charge in [-0.3, -0.25) is 4.90 Å². The number of methoxy groups -OCH3 is 1. The average Bonchev–Trinajstić information content (AvgIpc) is 2.81. The fourth-order valence-corrected chi connectivity index (χ4v) is 5.73. The fraction of sp³-hybridized carbons (Fsp3) is 0.680. The average molecular weight is 477 g/mol. The van der Waals surface area contributed by atoms with Gasteiger partial charge in [-0.1, -0.05) is 41.3 Å². The molecule has 2 fully saturated rings. The van der Waals surface area contributed by atoms with Crippen LogP contribution in [-0.2, 0) is 6.42 Å². The molecule has 166 valence electrons. The minimum absolute atomic E-state index is 0.778. The number of benzene rings is 1. The summed E-state index contributed by atoms with van der Waals surface area (Å²) in [6, 6.07) is 7.14. The predicted octanol–water partition coefficient (Wildman–Crippen LogP) is 5.18. The summed E-state index contributed by atoms with van der Waals surface area (Å²) in [5.74, 6) is 1.74. The molecule has 4 nitrogen and oxygen atoms in total. The van der Waals surface area contributed by atoms with Crippen LogP contribution < -0.4 is 10.1 Å². The summed E-state index contributed by atoms with van der Waals surface area (Å²) in [5, 5.41) is 3.71. The van der Waals surface area contributed by atoms with E-state index < -0.39 is 0 Å². The molecule has 2 heterocycles. The monoisotopic (exact) mass is 475 g/mol. The van der Waals surface area contributed by atoms with Crippen LogP contribution in [-0.4, -0.2) is 55.8 Å². The van der Waals surface area contributed by atoms with Crippen LogP contribution in [0.5, 0.6) is 5.75 Å². The molecule has 1 aromatic carbocycles. The molecule has 0 unspecified atom stereocenters. The van der Waals surface area contributed by atoms with Crippen molar-refractivity contribution in [2.24, 2.45) is 5.92 Å². The van der Waals surface area contributed by atoms with E-state index in [1.807, 2.05) is 6.07 Å². The molecule has 0 bridgehead atoms. The van der Waals surface area contributed by atoms with Gasteiger partial charge in [0.05, 0.1) is 13.8 Å². The first-order valence-electron chi connectivity index (χ1n) is 11.9. The Kier molecular flexibility index (Phi) is 8.14. The van der Waals surface area contributed by atoms with Crippen LogP contribution in [0, 0.1) is 5.92 Å². The van der Waals surface area contributed by atoms with Crippen LogP contribution in [0.4, 0.5) is 0 Å². The quantitative estimate of drug-likeness (QED) is 0.587. The van der Waals surface area contributed by atoms with Gasteiger partial charge in [0.25, 0.3) is 0 Å². The lowest BCUT2D eigenvalue weighted by Crippen LogP contribution is -2.46. The second-order valence-corrected chi connectivity index (χ2v) is 10.2. The first-order valence-corrected chi connectivity index (χ1v) is 12.7. The van der Waals surface area contributed by atoms with E-state index >= 15 is 0 Å². The SMILES string of the molecule is COc1ccc(Br)c(CC2CCN(CCC3=CCN(C4CCCCC4)CN3)CC2)c1. The van der Waals surface area contributed by atoms with Gasteiger partial charge in [-0.15, -0.1) is 0 Å². The number of hydrogen-bond donors (Lipinski definition) is 1. The van der Waals surface area contributed by atoms with E-state index in [4.69, 9.17) is 4.74 Å².